The summed E-state index contributed by atoms with van der Waals surface area (Å²) in [7, 11) is 0. The van der Waals surface area contributed by atoms with Gasteiger partial charge in [-0.05, 0) is 13.0 Å². The third-order valence-electron chi connectivity index (χ3n) is 3.11. The molecule has 1 fully saturated rings. The van der Waals surface area contributed by atoms with Gasteiger partial charge in [0.2, 0.25) is 5.82 Å². The molecule has 0 spiro atoms. The van der Waals surface area contributed by atoms with E-state index in [9.17, 15) is 18.9 Å². The van der Waals surface area contributed by atoms with Gasteiger partial charge in [0, 0.05) is 31.5 Å². The van der Waals surface area contributed by atoms with Crippen LogP contribution in [0.5, 0.6) is 0 Å². The fraction of sp³-hybridized carbons (Fsp3) is 0.545. The zero-order valence-corrected chi connectivity index (χ0v) is 11.0. The van der Waals surface area contributed by atoms with E-state index in [1.165, 1.54) is 11.0 Å². The van der Waals surface area contributed by atoms with Crippen LogP contribution in [0, 0.1) is 17.0 Å². The number of rotatable bonds is 2. The molecule has 5 nitrogen and oxygen atoms in total. The summed E-state index contributed by atoms with van der Waals surface area (Å²) in [5.74, 6) is -2.63. The summed E-state index contributed by atoms with van der Waals surface area (Å²) in [6.07, 6.45) is -0.672. The van der Waals surface area contributed by atoms with Crippen LogP contribution in [0.25, 0.3) is 0 Å². The molecule has 0 amide bonds. The van der Waals surface area contributed by atoms with E-state index in [0.29, 0.717) is 5.56 Å². The standard InChI is InChI=1S/C11H12ClF2N3O2/c1-7-6-8(12)15-10(9(7)17(18)19)16-4-2-11(13,14)3-5-16/h6H,2-5H2,1H3. The number of aromatic nitrogens is 1. The Morgan fingerprint density at radius 3 is 2.58 bits per heavy atom. The van der Waals surface area contributed by atoms with Gasteiger partial charge in [-0.1, -0.05) is 11.6 Å². The Labute approximate surface area is 113 Å². The predicted octanol–water partition coefficient (Wildman–Crippen LogP) is 3.19. The molecule has 2 rings (SSSR count). The SMILES string of the molecule is Cc1cc(Cl)nc(N2CCC(F)(F)CC2)c1[N+](=O)[O-]. The van der Waals surface area contributed by atoms with Gasteiger partial charge in [-0.25, -0.2) is 13.8 Å². The lowest BCUT2D eigenvalue weighted by Crippen LogP contribution is -2.40. The van der Waals surface area contributed by atoms with Crippen LogP contribution in [0.2, 0.25) is 5.15 Å². The molecule has 0 unspecified atom stereocenters. The first-order valence-corrected chi connectivity index (χ1v) is 6.12. The lowest BCUT2D eigenvalue weighted by Gasteiger charge is -2.32. The van der Waals surface area contributed by atoms with Gasteiger partial charge in [0.15, 0.2) is 0 Å². The highest BCUT2D eigenvalue weighted by molar-refractivity contribution is 6.29. The third-order valence-corrected chi connectivity index (χ3v) is 3.30. The van der Waals surface area contributed by atoms with Crippen molar-refractivity contribution in [1.82, 2.24) is 4.98 Å². The molecule has 1 aromatic rings. The first kappa shape index (κ1) is 13.9. The van der Waals surface area contributed by atoms with Crippen molar-refractivity contribution in [3.05, 3.63) is 26.9 Å². The normalized spacial score (nSPS) is 18.4. The van der Waals surface area contributed by atoms with E-state index in [-0.39, 0.29) is 42.6 Å². The molecule has 19 heavy (non-hydrogen) atoms. The maximum atomic E-state index is 13.1. The number of hydrogen-bond donors (Lipinski definition) is 0. The van der Waals surface area contributed by atoms with E-state index in [4.69, 9.17) is 11.6 Å². The van der Waals surface area contributed by atoms with E-state index in [1.807, 2.05) is 0 Å². The van der Waals surface area contributed by atoms with E-state index in [0.717, 1.165) is 0 Å². The Bertz CT molecular complexity index is 515. The molecular formula is C11H12ClF2N3O2. The molecule has 104 valence electrons. The molecule has 1 saturated heterocycles. The van der Waals surface area contributed by atoms with E-state index in [1.54, 1.807) is 6.92 Å². The summed E-state index contributed by atoms with van der Waals surface area (Å²) >= 11 is 5.79. The molecule has 1 aromatic heterocycles. The minimum atomic E-state index is -2.71. The number of nitrogens with zero attached hydrogens (tertiary/aromatic N) is 3. The Morgan fingerprint density at radius 2 is 2.05 bits per heavy atom. The van der Waals surface area contributed by atoms with Crippen molar-refractivity contribution >= 4 is 23.1 Å². The summed E-state index contributed by atoms with van der Waals surface area (Å²) in [6.45, 7) is 1.61. The fourth-order valence-electron chi connectivity index (χ4n) is 2.10. The van der Waals surface area contributed by atoms with E-state index in [2.05, 4.69) is 4.98 Å². The summed E-state index contributed by atoms with van der Waals surface area (Å²) < 4.78 is 26.2. The molecule has 0 aliphatic carbocycles. The largest absolute Gasteiger partial charge is 0.350 e. The van der Waals surface area contributed by atoms with Crippen LogP contribution in [-0.4, -0.2) is 28.9 Å². The number of anilines is 1. The molecule has 1 aliphatic heterocycles. The van der Waals surface area contributed by atoms with Gasteiger partial charge in [0.25, 0.3) is 5.92 Å². The fourth-order valence-corrected chi connectivity index (χ4v) is 2.35. The van der Waals surface area contributed by atoms with Gasteiger partial charge in [0.1, 0.15) is 5.15 Å². The topological polar surface area (TPSA) is 59.3 Å². The number of hydrogen-bond acceptors (Lipinski definition) is 4. The molecular weight excluding hydrogens is 280 g/mol. The molecule has 0 atom stereocenters. The Hall–Kier alpha value is -1.50. The second-order valence-electron chi connectivity index (χ2n) is 4.53. The lowest BCUT2D eigenvalue weighted by molar-refractivity contribution is -0.384. The summed E-state index contributed by atoms with van der Waals surface area (Å²) in [5, 5.41) is 11.2. The molecule has 2 heterocycles. The van der Waals surface area contributed by atoms with Crippen LogP contribution in [0.3, 0.4) is 0 Å². The van der Waals surface area contributed by atoms with Crippen LogP contribution >= 0.6 is 11.6 Å². The summed E-state index contributed by atoms with van der Waals surface area (Å²) in [6, 6.07) is 1.39. The third kappa shape index (κ3) is 2.91. The molecule has 0 bridgehead atoms. The number of halogens is 3. The molecule has 0 aromatic carbocycles. The van der Waals surface area contributed by atoms with Crippen molar-refractivity contribution in [2.45, 2.75) is 25.7 Å². The van der Waals surface area contributed by atoms with Gasteiger partial charge in [-0.15, -0.1) is 0 Å². The van der Waals surface area contributed by atoms with Gasteiger partial charge in [0.05, 0.1) is 4.92 Å². The molecule has 0 N–H and O–H groups in total. The quantitative estimate of drug-likeness (QED) is 0.477. The Morgan fingerprint density at radius 1 is 1.47 bits per heavy atom. The van der Waals surface area contributed by atoms with Gasteiger partial charge in [-0.3, -0.25) is 10.1 Å². The van der Waals surface area contributed by atoms with Gasteiger partial charge < -0.3 is 4.90 Å². The smallest absolute Gasteiger partial charge is 0.314 e. The molecule has 8 heteroatoms. The van der Waals surface area contributed by atoms with Crippen molar-refractivity contribution in [1.29, 1.82) is 0 Å². The lowest BCUT2D eigenvalue weighted by atomic mass is 10.1. The number of pyridine rings is 1. The van der Waals surface area contributed by atoms with Crippen molar-refractivity contribution in [3.8, 4) is 0 Å². The molecule has 0 saturated carbocycles. The second-order valence-corrected chi connectivity index (χ2v) is 4.92. The summed E-state index contributed by atoms with van der Waals surface area (Å²) in [5.41, 5.74) is 0.201. The van der Waals surface area contributed by atoms with Crippen LogP contribution in [0.1, 0.15) is 18.4 Å². The van der Waals surface area contributed by atoms with Crippen LogP contribution in [0.15, 0.2) is 6.07 Å². The van der Waals surface area contributed by atoms with Crippen molar-refractivity contribution < 1.29 is 13.7 Å². The highest BCUT2D eigenvalue weighted by Crippen LogP contribution is 2.36. The molecule has 1 aliphatic rings. The monoisotopic (exact) mass is 291 g/mol. The van der Waals surface area contributed by atoms with Crippen molar-refractivity contribution in [3.63, 3.8) is 0 Å². The molecule has 0 radical (unpaired) electrons. The maximum absolute atomic E-state index is 13.1. The van der Waals surface area contributed by atoms with Crippen LogP contribution in [0.4, 0.5) is 20.3 Å². The Balaban J connectivity index is 2.37. The van der Waals surface area contributed by atoms with Crippen LogP contribution in [-0.2, 0) is 0 Å². The van der Waals surface area contributed by atoms with Crippen molar-refractivity contribution in [2.75, 3.05) is 18.0 Å². The number of alkyl halides is 2. The number of piperidine rings is 1. The van der Waals surface area contributed by atoms with Crippen molar-refractivity contribution in [2.24, 2.45) is 0 Å². The first-order chi connectivity index (χ1) is 8.80. The average Bonchev–Trinajstić information content (AvgIpc) is 2.26. The first-order valence-electron chi connectivity index (χ1n) is 5.74. The van der Waals surface area contributed by atoms with Crippen LogP contribution < -0.4 is 4.90 Å². The van der Waals surface area contributed by atoms with Gasteiger partial charge in [-0.2, -0.15) is 0 Å². The second kappa shape index (κ2) is 4.88. The minimum absolute atomic E-state index is 0.0284. The predicted molar refractivity (Wildman–Crippen MR) is 67.0 cm³/mol. The Kier molecular flexibility index (Phi) is 3.58. The number of nitro groups is 1. The highest BCUT2D eigenvalue weighted by atomic mass is 35.5. The van der Waals surface area contributed by atoms with Gasteiger partial charge >= 0.3 is 5.69 Å². The minimum Gasteiger partial charge on any atom is -0.350 e. The van der Waals surface area contributed by atoms with E-state index < -0.39 is 10.8 Å². The number of aryl methyl sites for hydroxylation is 1. The summed E-state index contributed by atoms with van der Waals surface area (Å²) in [4.78, 5) is 15.9. The highest BCUT2D eigenvalue weighted by Gasteiger charge is 2.36. The average molecular weight is 292 g/mol. The zero-order chi connectivity index (χ0) is 14.2. The zero-order valence-electron chi connectivity index (χ0n) is 10.2. The maximum Gasteiger partial charge on any atom is 0.314 e. The van der Waals surface area contributed by atoms with E-state index >= 15 is 0 Å².